The minimum absolute atomic E-state index is 0.321. The van der Waals surface area contributed by atoms with Crippen LogP contribution in [0, 0.1) is 0 Å². The zero-order chi connectivity index (χ0) is 15.9. The fourth-order valence-corrected chi connectivity index (χ4v) is 2.11. The highest BCUT2D eigenvalue weighted by Gasteiger charge is 2.14. The first kappa shape index (κ1) is 16.2. The van der Waals surface area contributed by atoms with E-state index in [1.165, 1.54) is 0 Å². The molecular formula is C17H22N2O3. The Kier molecular flexibility index (Phi) is 5.72. The van der Waals surface area contributed by atoms with Crippen LogP contribution in [0.3, 0.4) is 0 Å². The number of hydrogen-bond donors (Lipinski definition) is 0. The number of rotatable bonds is 7. The highest BCUT2D eigenvalue weighted by atomic mass is 16.5. The Morgan fingerprint density at radius 2 is 2.00 bits per heavy atom. The van der Waals surface area contributed by atoms with E-state index in [0.717, 1.165) is 16.7 Å². The lowest BCUT2D eigenvalue weighted by Gasteiger charge is -2.14. The highest BCUT2D eigenvalue weighted by molar-refractivity contribution is 6.04. The van der Waals surface area contributed by atoms with Gasteiger partial charge in [-0.05, 0) is 19.1 Å². The smallest absolute Gasteiger partial charge is 0.338 e. The third kappa shape index (κ3) is 3.95. The molecule has 0 aliphatic rings. The fourth-order valence-electron chi connectivity index (χ4n) is 2.11. The van der Waals surface area contributed by atoms with E-state index in [0.29, 0.717) is 31.8 Å². The average molecular weight is 302 g/mol. The molecule has 0 saturated heterocycles. The molecule has 0 amide bonds. The average Bonchev–Trinajstić information content (AvgIpc) is 2.53. The van der Waals surface area contributed by atoms with Crippen molar-refractivity contribution in [2.45, 2.75) is 13.3 Å². The molecule has 0 aliphatic carbocycles. The molecule has 0 unspecified atom stereocenters. The van der Waals surface area contributed by atoms with Crippen molar-refractivity contribution in [3.8, 4) is 0 Å². The van der Waals surface area contributed by atoms with Crippen molar-refractivity contribution in [1.29, 1.82) is 0 Å². The monoisotopic (exact) mass is 302 g/mol. The first-order chi connectivity index (χ1) is 10.6. The van der Waals surface area contributed by atoms with Gasteiger partial charge >= 0.3 is 5.97 Å². The van der Waals surface area contributed by atoms with Crippen molar-refractivity contribution < 1.29 is 14.3 Å². The van der Waals surface area contributed by atoms with Gasteiger partial charge in [0.25, 0.3) is 0 Å². The fraction of sp³-hybridized carbons (Fsp3) is 0.412. The predicted octanol–water partition coefficient (Wildman–Crippen LogP) is 2.88. The molecule has 0 atom stereocenters. The zero-order valence-electron chi connectivity index (χ0n) is 13.3. The van der Waals surface area contributed by atoms with E-state index in [4.69, 9.17) is 9.47 Å². The number of benzene rings is 1. The molecule has 2 rings (SSSR count). The van der Waals surface area contributed by atoms with Crippen molar-refractivity contribution in [3.63, 3.8) is 0 Å². The molecular weight excluding hydrogens is 280 g/mol. The van der Waals surface area contributed by atoms with Gasteiger partial charge in [0, 0.05) is 39.1 Å². The van der Waals surface area contributed by atoms with E-state index in [1.54, 1.807) is 6.07 Å². The Morgan fingerprint density at radius 1 is 1.23 bits per heavy atom. The number of fused-ring (bicyclic) bond motifs is 1. The van der Waals surface area contributed by atoms with Gasteiger partial charge in [-0.1, -0.05) is 18.2 Å². The highest BCUT2D eigenvalue weighted by Crippen LogP contribution is 2.22. The summed E-state index contributed by atoms with van der Waals surface area (Å²) in [6, 6.07) is 9.36. The molecule has 22 heavy (non-hydrogen) atoms. The molecule has 1 aromatic carbocycles. The Hall–Kier alpha value is -2.14. The van der Waals surface area contributed by atoms with Gasteiger partial charge in [0.15, 0.2) is 0 Å². The van der Waals surface area contributed by atoms with Crippen molar-refractivity contribution in [2.75, 3.05) is 38.8 Å². The number of para-hydroxylation sites is 1. The minimum Gasteiger partial charge on any atom is -0.462 e. The van der Waals surface area contributed by atoms with Crippen LogP contribution in [-0.2, 0) is 9.47 Å². The van der Waals surface area contributed by atoms with Gasteiger partial charge in [0.05, 0.1) is 17.7 Å². The van der Waals surface area contributed by atoms with Crippen LogP contribution in [0.2, 0.25) is 0 Å². The third-order valence-electron chi connectivity index (χ3n) is 3.25. The Labute approximate surface area is 130 Å². The number of nitrogens with zero attached hydrogens (tertiary/aromatic N) is 2. The summed E-state index contributed by atoms with van der Waals surface area (Å²) in [5.41, 5.74) is 1.33. The minimum atomic E-state index is -0.321. The first-order valence-electron chi connectivity index (χ1n) is 7.45. The Balaban J connectivity index is 2.19. The molecule has 0 saturated carbocycles. The number of aromatic nitrogens is 1. The van der Waals surface area contributed by atoms with Crippen molar-refractivity contribution in [1.82, 2.24) is 4.98 Å². The van der Waals surface area contributed by atoms with Gasteiger partial charge in [-0.15, -0.1) is 0 Å². The van der Waals surface area contributed by atoms with E-state index in [-0.39, 0.29) is 5.97 Å². The second-order valence-corrected chi connectivity index (χ2v) is 5.13. The molecule has 118 valence electrons. The number of hydrogen-bond acceptors (Lipinski definition) is 5. The largest absolute Gasteiger partial charge is 0.462 e. The van der Waals surface area contributed by atoms with Crippen molar-refractivity contribution >= 4 is 22.7 Å². The number of pyridine rings is 1. The molecule has 2 aromatic rings. The molecule has 0 radical (unpaired) electrons. The SMILES string of the molecule is CCOCCCOC(=O)c1cc(N(C)C)nc2ccccc12. The molecule has 0 aliphatic heterocycles. The lowest BCUT2D eigenvalue weighted by atomic mass is 10.1. The molecule has 0 fully saturated rings. The summed E-state index contributed by atoms with van der Waals surface area (Å²) in [6.07, 6.45) is 0.698. The summed E-state index contributed by atoms with van der Waals surface area (Å²) in [4.78, 5) is 18.8. The lowest BCUT2D eigenvalue weighted by molar-refractivity contribution is 0.0454. The van der Waals surface area contributed by atoms with Crippen LogP contribution in [0.25, 0.3) is 10.9 Å². The van der Waals surface area contributed by atoms with Crippen LogP contribution in [0.1, 0.15) is 23.7 Å². The van der Waals surface area contributed by atoms with Crippen LogP contribution in [0.15, 0.2) is 30.3 Å². The van der Waals surface area contributed by atoms with Crippen LogP contribution >= 0.6 is 0 Å². The molecule has 0 spiro atoms. The van der Waals surface area contributed by atoms with E-state index < -0.39 is 0 Å². The van der Waals surface area contributed by atoms with Crippen molar-refractivity contribution in [2.24, 2.45) is 0 Å². The quantitative estimate of drug-likeness (QED) is 0.581. The van der Waals surface area contributed by atoms with Gasteiger partial charge in [-0.2, -0.15) is 0 Å². The molecule has 1 heterocycles. The van der Waals surface area contributed by atoms with Gasteiger partial charge in [0.1, 0.15) is 5.82 Å². The predicted molar refractivity (Wildman–Crippen MR) is 87.5 cm³/mol. The number of ether oxygens (including phenoxy) is 2. The van der Waals surface area contributed by atoms with Gasteiger partial charge in [-0.25, -0.2) is 9.78 Å². The maximum absolute atomic E-state index is 12.4. The van der Waals surface area contributed by atoms with E-state index in [2.05, 4.69) is 4.98 Å². The standard InChI is InChI=1S/C17H22N2O3/c1-4-21-10-7-11-22-17(20)14-12-16(19(2)3)18-15-9-6-5-8-13(14)15/h5-6,8-9,12H,4,7,10-11H2,1-3H3. The number of carbonyl (C=O) groups is 1. The Morgan fingerprint density at radius 3 is 2.73 bits per heavy atom. The summed E-state index contributed by atoms with van der Waals surface area (Å²) in [5.74, 6) is 0.415. The number of anilines is 1. The second kappa shape index (κ2) is 7.75. The van der Waals surface area contributed by atoms with E-state index in [9.17, 15) is 4.79 Å². The van der Waals surface area contributed by atoms with Crippen LogP contribution in [0.5, 0.6) is 0 Å². The summed E-state index contributed by atoms with van der Waals surface area (Å²) in [6.45, 7) is 3.57. The Bertz CT molecular complexity index is 641. The summed E-state index contributed by atoms with van der Waals surface area (Å²) >= 11 is 0. The van der Waals surface area contributed by atoms with Gasteiger partial charge in [-0.3, -0.25) is 0 Å². The number of carbonyl (C=O) groups excluding carboxylic acids is 1. The normalized spacial score (nSPS) is 10.7. The molecule has 5 heteroatoms. The second-order valence-electron chi connectivity index (χ2n) is 5.13. The van der Waals surface area contributed by atoms with Gasteiger partial charge < -0.3 is 14.4 Å². The first-order valence-corrected chi connectivity index (χ1v) is 7.45. The third-order valence-corrected chi connectivity index (χ3v) is 3.25. The molecule has 0 N–H and O–H groups in total. The van der Waals surface area contributed by atoms with E-state index >= 15 is 0 Å². The van der Waals surface area contributed by atoms with Crippen LogP contribution < -0.4 is 4.90 Å². The summed E-state index contributed by atoms with van der Waals surface area (Å²) in [7, 11) is 3.79. The summed E-state index contributed by atoms with van der Waals surface area (Å²) < 4.78 is 10.6. The summed E-state index contributed by atoms with van der Waals surface area (Å²) in [5, 5.41) is 0.808. The van der Waals surface area contributed by atoms with Crippen LogP contribution in [-0.4, -0.2) is 44.9 Å². The zero-order valence-corrected chi connectivity index (χ0v) is 13.3. The molecule has 5 nitrogen and oxygen atoms in total. The van der Waals surface area contributed by atoms with Crippen molar-refractivity contribution in [3.05, 3.63) is 35.9 Å². The van der Waals surface area contributed by atoms with Crippen LogP contribution in [0.4, 0.5) is 5.82 Å². The molecule has 0 bridgehead atoms. The molecule has 1 aromatic heterocycles. The van der Waals surface area contributed by atoms with E-state index in [1.807, 2.05) is 50.2 Å². The van der Waals surface area contributed by atoms with Gasteiger partial charge in [0.2, 0.25) is 0 Å². The maximum Gasteiger partial charge on any atom is 0.338 e. The lowest BCUT2D eigenvalue weighted by Crippen LogP contribution is -2.14. The number of esters is 1. The maximum atomic E-state index is 12.4. The topological polar surface area (TPSA) is 51.7 Å².